The normalized spacial score (nSPS) is 14.5. The maximum absolute atomic E-state index is 14.0. The molecule has 1 fully saturated rings. The first kappa shape index (κ1) is 24.7. The molecule has 0 saturated carbocycles. The third-order valence-corrected chi connectivity index (χ3v) is 6.49. The summed E-state index contributed by atoms with van der Waals surface area (Å²) in [5.74, 6) is -1.05. The van der Waals surface area contributed by atoms with Gasteiger partial charge in [-0.2, -0.15) is 0 Å². The minimum absolute atomic E-state index is 0.156. The summed E-state index contributed by atoms with van der Waals surface area (Å²) in [7, 11) is 0. The summed E-state index contributed by atoms with van der Waals surface area (Å²) >= 11 is 4.19. The van der Waals surface area contributed by atoms with Crippen LogP contribution < -0.4 is 9.47 Å². The van der Waals surface area contributed by atoms with Crippen molar-refractivity contribution in [2.45, 2.75) is 13.5 Å². The van der Waals surface area contributed by atoms with Gasteiger partial charge in [-0.1, -0.05) is 36.4 Å². The Morgan fingerprint density at radius 1 is 1.09 bits per heavy atom. The molecule has 0 N–H and O–H groups in total. The second-order valence-corrected chi connectivity index (χ2v) is 9.23. The predicted octanol–water partition coefficient (Wildman–Crippen LogP) is 6.44. The van der Waals surface area contributed by atoms with Crippen LogP contribution in [0.4, 0.5) is 9.18 Å². The lowest BCUT2D eigenvalue weighted by molar-refractivity contribution is -0.123. The molecule has 0 unspecified atom stereocenters. The van der Waals surface area contributed by atoms with Crippen LogP contribution in [0, 0.1) is 5.82 Å². The Morgan fingerprint density at radius 3 is 2.51 bits per heavy atom. The van der Waals surface area contributed by atoms with Gasteiger partial charge in [0.1, 0.15) is 5.82 Å². The summed E-state index contributed by atoms with van der Waals surface area (Å²) in [5.41, 5.74) is 1.19. The van der Waals surface area contributed by atoms with Gasteiger partial charge in [0.2, 0.25) is 0 Å². The number of hydrogen-bond acceptors (Lipinski definition) is 6. The third kappa shape index (κ3) is 5.63. The average Bonchev–Trinajstić information content (AvgIpc) is 3.10. The molecule has 35 heavy (non-hydrogen) atoms. The van der Waals surface area contributed by atoms with Crippen LogP contribution in [-0.2, 0) is 11.3 Å². The standard InChI is InChI=1S/C26H19BrFNO5S/c1-2-33-21-13-16(12-19(27)23(21)34-25(31)17-8-4-3-5-9-17)14-22-24(30)29(26(32)35-22)15-18-10-6-7-11-20(18)28/h3-14H,2,15H2,1H3/b22-14-. The first-order chi connectivity index (χ1) is 16.9. The molecule has 3 aromatic rings. The largest absolute Gasteiger partial charge is 0.490 e. The minimum atomic E-state index is -0.547. The van der Waals surface area contributed by atoms with Gasteiger partial charge in [-0.3, -0.25) is 14.5 Å². The van der Waals surface area contributed by atoms with Crippen LogP contribution in [0.15, 0.2) is 76.1 Å². The number of carbonyl (C=O) groups is 3. The van der Waals surface area contributed by atoms with Gasteiger partial charge in [0, 0.05) is 5.56 Å². The van der Waals surface area contributed by atoms with E-state index in [0.29, 0.717) is 28.0 Å². The molecule has 0 atom stereocenters. The topological polar surface area (TPSA) is 72.9 Å². The Bertz CT molecular complexity index is 1330. The van der Waals surface area contributed by atoms with E-state index in [1.807, 2.05) is 0 Å². The molecule has 1 heterocycles. The Hall–Kier alpha value is -3.43. The average molecular weight is 556 g/mol. The number of hydrogen-bond donors (Lipinski definition) is 0. The van der Waals surface area contributed by atoms with E-state index in [0.717, 1.165) is 16.7 Å². The lowest BCUT2D eigenvalue weighted by atomic mass is 10.1. The molecule has 4 rings (SSSR count). The molecule has 0 aliphatic carbocycles. The Labute approximate surface area is 213 Å². The van der Waals surface area contributed by atoms with Gasteiger partial charge in [-0.15, -0.1) is 0 Å². The minimum Gasteiger partial charge on any atom is -0.490 e. The van der Waals surface area contributed by atoms with Gasteiger partial charge in [0.15, 0.2) is 11.5 Å². The van der Waals surface area contributed by atoms with Gasteiger partial charge < -0.3 is 9.47 Å². The van der Waals surface area contributed by atoms with Crippen molar-refractivity contribution >= 4 is 50.9 Å². The van der Waals surface area contributed by atoms with Crippen LogP contribution in [0.5, 0.6) is 11.5 Å². The highest BCUT2D eigenvalue weighted by atomic mass is 79.9. The zero-order valence-corrected chi connectivity index (χ0v) is 20.9. The summed E-state index contributed by atoms with van der Waals surface area (Å²) in [5, 5.41) is -0.484. The molecule has 0 spiro atoms. The molecular formula is C26H19BrFNO5S. The number of ether oxygens (including phenoxy) is 2. The Balaban J connectivity index is 1.59. The highest BCUT2D eigenvalue weighted by Gasteiger charge is 2.35. The van der Waals surface area contributed by atoms with Gasteiger partial charge in [0.05, 0.1) is 28.1 Å². The van der Waals surface area contributed by atoms with Crippen molar-refractivity contribution in [3.05, 3.63) is 98.6 Å². The first-order valence-electron chi connectivity index (χ1n) is 10.6. The lowest BCUT2D eigenvalue weighted by Gasteiger charge is -2.14. The maximum Gasteiger partial charge on any atom is 0.343 e. The van der Waals surface area contributed by atoms with Crippen LogP contribution in [0.25, 0.3) is 6.08 Å². The number of rotatable bonds is 7. The Kier molecular flexibility index (Phi) is 7.67. The Morgan fingerprint density at radius 2 is 1.80 bits per heavy atom. The lowest BCUT2D eigenvalue weighted by Crippen LogP contribution is -2.27. The molecule has 1 saturated heterocycles. The summed E-state index contributed by atoms with van der Waals surface area (Å²) in [6, 6.07) is 17.8. The second-order valence-electron chi connectivity index (χ2n) is 7.38. The van der Waals surface area contributed by atoms with Crippen molar-refractivity contribution in [3.63, 3.8) is 0 Å². The molecule has 6 nitrogen and oxygen atoms in total. The number of nitrogens with zero attached hydrogens (tertiary/aromatic N) is 1. The van der Waals surface area contributed by atoms with E-state index in [1.54, 1.807) is 67.6 Å². The number of carbonyl (C=O) groups excluding carboxylic acids is 3. The molecular weight excluding hydrogens is 537 g/mol. The van der Waals surface area contributed by atoms with Gasteiger partial charge in [0.25, 0.3) is 11.1 Å². The van der Waals surface area contributed by atoms with Crippen LogP contribution in [-0.4, -0.2) is 28.6 Å². The van der Waals surface area contributed by atoms with Crippen molar-refractivity contribution in [2.75, 3.05) is 6.61 Å². The fourth-order valence-corrected chi connectivity index (χ4v) is 4.72. The summed E-state index contributed by atoms with van der Waals surface area (Å²) in [6.45, 7) is 1.94. The molecule has 1 aliphatic rings. The van der Waals surface area contributed by atoms with Crippen LogP contribution >= 0.6 is 27.7 Å². The number of benzene rings is 3. The van der Waals surface area contributed by atoms with E-state index in [-0.39, 0.29) is 22.8 Å². The van der Waals surface area contributed by atoms with E-state index < -0.39 is 22.9 Å². The molecule has 1 aliphatic heterocycles. The second kappa shape index (κ2) is 10.9. The molecule has 2 amide bonds. The van der Waals surface area contributed by atoms with E-state index in [9.17, 15) is 18.8 Å². The zero-order chi connectivity index (χ0) is 24.9. The van der Waals surface area contributed by atoms with Gasteiger partial charge in [-0.25, -0.2) is 9.18 Å². The third-order valence-electron chi connectivity index (χ3n) is 4.99. The maximum atomic E-state index is 14.0. The smallest absolute Gasteiger partial charge is 0.343 e. The fourth-order valence-electron chi connectivity index (χ4n) is 3.34. The molecule has 0 radical (unpaired) electrons. The van der Waals surface area contributed by atoms with E-state index in [2.05, 4.69) is 15.9 Å². The fraction of sp³-hybridized carbons (Fsp3) is 0.115. The number of thioether (sulfide) groups is 1. The van der Waals surface area contributed by atoms with E-state index in [1.165, 1.54) is 12.1 Å². The monoisotopic (exact) mass is 555 g/mol. The molecule has 178 valence electrons. The first-order valence-corrected chi connectivity index (χ1v) is 12.2. The van der Waals surface area contributed by atoms with Crippen molar-refractivity contribution in [3.8, 4) is 11.5 Å². The van der Waals surface area contributed by atoms with E-state index >= 15 is 0 Å². The number of amides is 2. The molecule has 9 heteroatoms. The summed E-state index contributed by atoms with van der Waals surface area (Å²) in [6.07, 6.45) is 1.54. The van der Waals surface area contributed by atoms with Gasteiger partial charge in [-0.05, 0) is 76.6 Å². The van der Waals surface area contributed by atoms with Crippen molar-refractivity contribution in [2.24, 2.45) is 0 Å². The number of imide groups is 1. The van der Waals surface area contributed by atoms with Crippen molar-refractivity contribution in [1.29, 1.82) is 0 Å². The zero-order valence-electron chi connectivity index (χ0n) is 18.5. The number of esters is 1. The molecule has 3 aromatic carbocycles. The van der Waals surface area contributed by atoms with Crippen molar-refractivity contribution in [1.82, 2.24) is 4.90 Å². The molecule has 0 aromatic heterocycles. The SMILES string of the molecule is CCOc1cc(/C=C2\SC(=O)N(Cc3ccccc3F)C2=O)cc(Br)c1OC(=O)c1ccccc1. The quantitative estimate of drug-likeness (QED) is 0.190. The number of halogens is 2. The molecule has 0 bridgehead atoms. The van der Waals surface area contributed by atoms with E-state index in [4.69, 9.17) is 9.47 Å². The van der Waals surface area contributed by atoms with Crippen LogP contribution in [0.3, 0.4) is 0 Å². The predicted molar refractivity (Wildman–Crippen MR) is 135 cm³/mol. The van der Waals surface area contributed by atoms with Crippen LogP contribution in [0.1, 0.15) is 28.4 Å². The van der Waals surface area contributed by atoms with Gasteiger partial charge >= 0.3 is 5.97 Å². The highest BCUT2D eigenvalue weighted by Crippen LogP contribution is 2.40. The van der Waals surface area contributed by atoms with Crippen LogP contribution in [0.2, 0.25) is 0 Å². The summed E-state index contributed by atoms with van der Waals surface area (Å²) < 4.78 is 25.7. The summed E-state index contributed by atoms with van der Waals surface area (Å²) in [4.78, 5) is 39.1. The highest BCUT2D eigenvalue weighted by molar-refractivity contribution is 9.10. The van der Waals surface area contributed by atoms with Crippen molar-refractivity contribution < 1.29 is 28.2 Å².